The molecule has 1 amide bonds. The van der Waals surface area contributed by atoms with Crippen molar-refractivity contribution < 1.29 is 4.79 Å². The van der Waals surface area contributed by atoms with Crippen LogP contribution < -0.4 is 5.32 Å². The molecule has 0 aromatic carbocycles. The van der Waals surface area contributed by atoms with Gasteiger partial charge in [-0.25, -0.2) is 9.97 Å². The van der Waals surface area contributed by atoms with E-state index < -0.39 is 5.91 Å². The van der Waals surface area contributed by atoms with Gasteiger partial charge in [-0.2, -0.15) is 0 Å². The van der Waals surface area contributed by atoms with E-state index in [1.54, 1.807) is 6.07 Å². The first-order valence-corrected chi connectivity index (χ1v) is 6.84. The minimum absolute atomic E-state index is 0.0419. The first kappa shape index (κ1) is 14.5. The lowest BCUT2D eigenvalue weighted by Gasteiger charge is -2.06. The summed E-state index contributed by atoms with van der Waals surface area (Å²) in [6.07, 6.45) is 1.42. The summed E-state index contributed by atoms with van der Waals surface area (Å²) in [5, 5.41) is 3.30. The molecular weight excluding hydrogens is 376 g/mol. The van der Waals surface area contributed by atoms with Gasteiger partial charge >= 0.3 is 0 Å². The number of hydrogen-bond donors (Lipinski definition) is 1. The number of nitrogens with zero attached hydrogens (tertiary/aromatic N) is 2. The average molecular weight is 381 g/mol. The molecule has 19 heavy (non-hydrogen) atoms. The molecule has 8 heteroatoms. The van der Waals surface area contributed by atoms with Crippen LogP contribution in [0.25, 0.3) is 0 Å². The van der Waals surface area contributed by atoms with Crippen LogP contribution in [0.1, 0.15) is 10.5 Å². The summed E-state index contributed by atoms with van der Waals surface area (Å²) in [7, 11) is 0. The van der Waals surface area contributed by atoms with Crippen LogP contribution in [-0.2, 0) is 0 Å². The van der Waals surface area contributed by atoms with Gasteiger partial charge in [0.2, 0.25) is 0 Å². The number of anilines is 1. The Bertz CT molecular complexity index is 651. The third kappa shape index (κ3) is 3.57. The fourth-order valence-corrected chi connectivity index (χ4v) is 2.05. The number of hydrogen-bond acceptors (Lipinski definition) is 3. The second-order valence-electron chi connectivity index (χ2n) is 3.42. The lowest BCUT2D eigenvalue weighted by molar-refractivity contribution is 0.102. The highest BCUT2D eigenvalue weighted by atomic mass is 79.9. The van der Waals surface area contributed by atoms with Gasteiger partial charge in [0.15, 0.2) is 0 Å². The maximum absolute atomic E-state index is 12.0. The lowest BCUT2D eigenvalue weighted by atomic mass is 10.3. The Hall–Kier alpha value is -0.880. The highest BCUT2D eigenvalue weighted by Crippen LogP contribution is 2.24. The number of carbonyl (C=O) groups excluding carboxylic acids is 1. The number of rotatable bonds is 2. The second-order valence-corrected chi connectivity index (χ2v) is 5.42. The van der Waals surface area contributed by atoms with Crippen LogP contribution in [0.15, 0.2) is 28.9 Å². The van der Waals surface area contributed by atoms with Crippen molar-refractivity contribution in [1.29, 1.82) is 0 Å². The van der Waals surface area contributed by atoms with Crippen molar-refractivity contribution in [2.75, 3.05) is 5.32 Å². The van der Waals surface area contributed by atoms with Crippen molar-refractivity contribution >= 4 is 62.3 Å². The predicted molar refractivity (Wildman–Crippen MR) is 79.2 cm³/mol. The van der Waals surface area contributed by atoms with Crippen LogP contribution >= 0.6 is 50.7 Å². The Labute approximate surface area is 132 Å². The van der Waals surface area contributed by atoms with Crippen molar-refractivity contribution in [3.8, 4) is 0 Å². The first-order chi connectivity index (χ1) is 8.97. The van der Waals surface area contributed by atoms with Crippen molar-refractivity contribution in [1.82, 2.24) is 9.97 Å². The van der Waals surface area contributed by atoms with Crippen LogP contribution in [0.3, 0.4) is 0 Å². The molecule has 0 saturated heterocycles. The molecule has 4 nitrogen and oxygen atoms in total. The molecule has 0 unspecified atom stereocenters. The van der Waals surface area contributed by atoms with Gasteiger partial charge in [0.05, 0.1) is 21.4 Å². The lowest BCUT2D eigenvalue weighted by Crippen LogP contribution is -2.14. The van der Waals surface area contributed by atoms with Gasteiger partial charge in [0.25, 0.3) is 5.91 Å². The number of halogens is 4. The van der Waals surface area contributed by atoms with Gasteiger partial charge in [0, 0.05) is 0 Å². The smallest absolute Gasteiger partial charge is 0.275 e. The Balaban J connectivity index is 2.25. The van der Waals surface area contributed by atoms with E-state index in [0.29, 0.717) is 15.3 Å². The molecule has 0 bridgehead atoms. The van der Waals surface area contributed by atoms with Gasteiger partial charge < -0.3 is 5.32 Å². The van der Waals surface area contributed by atoms with E-state index in [-0.39, 0.29) is 15.9 Å². The van der Waals surface area contributed by atoms with Crippen molar-refractivity contribution in [2.24, 2.45) is 0 Å². The van der Waals surface area contributed by atoms with Gasteiger partial charge in [-0.05, 0) is 34.1 Å². The maximum Gasteiger partial charge on any atom is 0.275 e. The summed E-state index contributed by atoms with van der Waals surface area (Å²) in [4.78, 5) is 19.8. The third-order valence-electron chi connectivity index (χ3n) is 2.08. The Morgan fingerprint density at radius 1 is 1.26 bits per heavy atom. The molecule has 2 rings (SSSR count). The molecule has 2 aromatic heterocycles. The predicted octanol–water partition coefficient (Wildman–Crippen LogP) is 4.45. The van der Waals surface area contributed by atoms with Crippen LogP contribution in [0, 0.1) is 0 Å². The first-order valence-electron chi connectivity index (χ1n) is 4.92. The zero-order chi connectivity index (χ0) is 14.0. The molecule has 0 aliphatic rings. The minimum atomic E-state index is -0.483. The van der Waals surface area contributed by atoms with Gasteiger partial charge in [-0.1, -0.05) is 34.8 Å². The highest BCUT2D eigenvalue weighted by Gasteiger charge is 2.14. The summed E-state index contributed by atoms with van der Waals surface area (Å²) in [6, 6.07) is 4.62. The van der Waals surface area contributed by atoms with E-state index in [4.69, 9.17) is 34.8 Å². The molecule has 0 aliphatic heterocycles. The zero-order valence-corrected chi connectivity index (χ0v) is 13.0. The fourth-order valence-electron chi connectivity index (χ4n) is 1.26. The van der Waals surface area contributed by atoms with Crippen molar-refractivity contribution in [3.05, 3.63) is 49.9 Å². The van der Waals surface area contributed by atoms with E-state index >= 15 is 0 Å². The summed E-state index contributed by atoms with van der Waals surface area (Å²) in [6.45, 7) is 0. The summed E-state index contributed by atoms with van der Waals surface area (Å²) < 4.78 is 0.567. The van der Waals surface area contributed by atoms with Crippen LogP contribution in [0.4, 0.5) is 5.69 Å². The summed E-state index contributed by atoms with van der Waals surface area (Å²) in [5.74, 6) is -0.483. The number of aromatic nitrogens is 2. The molecule has 0 saturated carbocycles. The molecule has 0 aliphatic carbocycles. The van der Waals surface area contributed by atoms with Gasteiger partial charge in [-0.3, -0.25) is 4.79 Å². The highest BCUT2D eigenvalue weighted by molar-refractivity contribution is 9.10. The van der Waals surface area contributed by atoms with Gasteiger partial charge in [0.1, 0.15) is 16.0 Å². The largest absolute Gasteiger partial charge is 0.319 e. The maximum atomic E-state index is 12.0. The Kier molecular flexibility index (Phi) is 4.62. The number of nitrogens with one attached hydrogen (secondary N) is 1. The summed E-state index contributed by atoms with van der Waals surface area (Å²) >= 11 is 20.6. The quantitative estimate of drug-likeness (QED) is 0.782. The molecule has 0 spiro atoms. The van der Waals surface area contributed by atoms with E-state index in [2.05, 4.69) is 31.2 Å². The van der Waals surface area contributed by atoms with Crippen LogP contribution in [0.5, 0.6) is 0 Å². The van der Waals surface area contributed by atoms with E-state index in [1.165, 1.54) is 18.3 Å². The van der Waals surface area contributed by atoms with E-state index in [9.17, 15) is 4.79 Å². The van der Waals surface area contributed by atoms with Gasteiger partial charge in [-0.15, -0.1) is 0 Å². The fraction of sp³-hybridized carbons (Fsp3) is 0. The molecule has 98 valence electrons. The Morgan fingerprint density at radius 2 is 2.00 bits per heavy atom. The normalized spacial score (nSPS) is 10.3. The molecule has 2 aromatic rings. The number of carbonyl (C=O) groups is 1. The Morgan fingerprint density at radius 3 is 2.68 bits per heavy atom. The monoisotopic (exact) mass is 379 g/mol. The van der Waals surface area contributed by atoms with Crippen molar-refractivity contribution in [3.63, 3.8) is 0 Å². The molecule has 0 radical (unpaired) electrons. The molecular formula is C11H5BrCl3N3O. The molecule has 0 atom stereocenters. The van der Waals surface area contributed by atoms with Crippen LogP contribution in [0.2, 0.25) is 15.3 Å². The van der Waals surface area contributed by atoms with E-state index in [0.717, 1.165) is 0 Å². The zero-order valence-electron chi connectivity index (χ0n) is 9.12. The third-order valence-corrected chi connectivity index (χ3v) is 3.73. The SMILES string of the molecule is O=C(Nc1cnc(Cl)c(Br)c1)c1nc(Cl)ccc1Cl. The van der Waals surface area contributed by atoms with Crippen LogP contribution in [-0.4, -0.2) is 15.9 Å². The molecule has 0 fully saturated rings. The number of amides is 1. The van der Waals surface area contributed by atoms with E-state index in [1.807, 2.05) is 0 Å². The minimum Gasteiger partial charge on any atom is -0.319 e. The summed E-state index contributed by atoms with van der Waals surface area (Å²) in [5.41, 5.74) is 0.499. The molecule has 2 heterocycles. The average Bonchev–Trinajstić information content (AvgIpc) is 2.36. The second kappa shape index (κ2) is 6.05. The molecule has 1 N–H and O–H groups in total. The standard InChI is InChI=1S/C11H5BrCl3N3O/c12-6-3-5(4-16-10(6)15)17-11(19)9-7(13)1-2-8(14)18-9/h1-4H,(H,17,19). The van der Waals surface area contributed by atoms with Crippen molar-refractivity contribution in [2.45, 2.75) is 0 Å². The number of pyridine rings is 2. The topological polar surface area (TPSA) is 54.9 Å².